The number of rotatable bonds is 7. The summed E-state index contributed by atoms with van der Waals surface area (Å²) in [6, 6.07) is 0. The zero-order valence-corrected chi connectivity index (χ0v) is 9.41. The van der Waals surface area contributed by atoms with Crippen molar-refractivity contribution in [2.24, 2.45) is 16.6 Å². The summed E-state index contributed by atoms with van der Waals surface area (Å²) in [7, 11) is 0. The van der Waals surface area contributed by atoms with E-state index < -0.39 is 5.96 Å². The molecule has 0 aliphatic rings. The van der Waals surface area contributed by atoms with Crippen molar-refractivity contribution in [3.05, 3.63) is 12.7 Å². The molecule has 0 radical (unpaired) electrons. The molecule has 9 heteroatoms. The van der Waals surface area contributed by atoms with E-state index in [-0.39, 0.29) is 19.2 Å². The average Bonchev–Trinajstić information content (AvgIpc) is 2.24. The number of hydroxylamine groups is 2. The van der Waals surface area contributed by atoms with E-state index >= 15 is 0 Å². The topological polar surface area (TPSA) is 122 Å². The summed E-state index contributed by atoms with van der Waals surface area (Å²) in [5.74, 6) is -0.239. The van der Waals surface area contributed by atoms with Gasteiger partial charge in [-0.2, -0.15) is 0 Å². The molecule has 0 saturated heterocycles. The second-order valence-corrected chi connectivity index (χ2v) is 2.75. The fourth-order valence-corrected chi connectivity index (χ4v) is 0.635. The van der Waals surface area contributed by atoms with Crippen molar-refractivity contribution in [3.63, 3.8) is 0 Å². The Balaban J connectivity index is 4.16. The Morgan fingerprint density at radius 3 is 2.81 bits per heavy atom. The van der Waals surface area contributed by atoms with Crippen molar-refractivity contribution in [1.82, 2.24) is 10.7 Å². The second kappa shape index (κ2) is 8.77. The molecule has 0 bridgehead atoms. The third-order valence-electron chi connectivity index (χ3n) is 1.08. The Kier molecular flexibility index (Phi) is 7.94. The lowest BCUT2D eigenvalue weighted by atomic mass is 10.7. The first-order valence-corrected chi connectivity index (χ1v) is 4.81. The Morgan fingerprint density at radius 2 is 2.31 bits per heavy atom. The fourth-order valence-electron chi connectivity index (χ4n) is 0.557. The summed E-state index contributed by atoms with van der Waals surface area (Å²) in [5, 5.41) is 11.5. The van der Waals surface area contributed by atoms with Crippen LogP contribution in [-0.4, -0.2) is 36.2 Å². The molecule has 0 saturated carbocycles. The minimum atomic E-state index is -0.427. The van der Waals surface area contributed by atoms with Crippen LogP contribution in [0.4, 0.5) is 0 Å². The summed E-state index contributed by atoms with van der Waals surface area (Å²) >= 11 is 5.36. The van der Waals surface area contributed by atoms with Gasteiger partial charge in [-0.3, -0.25) is 10.2 Å². The molecular weight excluding hydrogens is 236 g/mol. The zero-order chi connectivity index (χ0) is 12.4. The van der Waals surface area contributed by atoms with Gasteiger partial charge in [-0.05, 0) is 0 Å². The van der Waals surface area contributed by atoms with Gasteiger partial charge in [0.1, 0.15) is 0 Å². The summed E-state index contributed by atoms with van der Waals surface area (Å²) in [6.07, 6.45) is 1.47. The molecule has 0 aromatic rings. The number of nitrogens with zero attached hydrogens (tertiary/aromatic N) is 2. The lowest BCUT2D eigenvalue weighted by Gasteiger charge is -2.15. The van der Waals surface area contributed by atoms with Gasteiger partial charge in [0.25, 0.3) is 0 Å². The zero-order valence-electron chi connectivity index (χ0n) is 8.65. The van der Waals surface area contributed by atoms with Crippen molar-refractivity contribution in [3.8, 4) is 0 Å². The lowest BCUT2D eigenvalue weighted by molar-refractivity contribution is -0.0876. The first-order chi connectivity index (χ1) is 7.61. The van der Waals surface area contributed by atoms with Gasteiger partial charge in [0, 0.05) is 5.88 Å². The Hall–Kier alpha value is -1.51. The summed E-state index contributed by atoms with van der Waals surface area (Å²) in [5.41, 5.74) is 12.9. The van der Waals surface area contributed by atoms with Crippen LogP contribution in [-0.2, 0) is 9.68 Å². The van der Waals surface area contributed by atoms with Gasteiger partial charge in [-0.25, -0.2) is 10.3 Å². The van der Waals surface area contributed by atoms with Crippen LogP contribution in [0.1, 0.15) is 0 Å². The van der Waals surface area contributed by atoms with Gasteiger partial charge in [0.2, 0.25) is 11.9 Å². The number of nitrogens with one attached hydrogen (secondary N) is 2. The fraction of sp³-hybridized carbons (Fsp3) is 0.429. The number of hydrazone groups is 1. The maximum absolute atomic E-state index is 7.13. The van der Waals surface area contributed by atoms with Crippen molar-refractivity contribution in [2.75, 3.05) is 19.1 Å². The number of nitrogens with two attached hydrogens (primary N) is 2. The SMILES string of the molecule is C=CCON(N=C(N)NOCCCl)C(=N)N. The largest absolute Gasteiger partial charge is 0.367 e. The molecule has 0 aliphatic carbocycles. The van der Waals surface area contributed by atoms with Crippen LogP contribution in [0.2, 0.25) is 0 Å². The van der Waals surface area contributed by atoms with Gasteiger partial charge in [-0.15, -0.1) is 23.3 Å². The van der Waals surface area contributed by atoms with Crippen molar-refractivity contribution in [1.29, 1.82) is 5.41 Å². The Bertz CT molecular complexity index is 259. The van der Waals surface area contributed by atoms with Gasteiger partial charge >= 0.3 is 0 Å². The second-order valence-electron chi connectivity index (χ2n) is 2.37. The highest BCUT2D eigenvalue weighted by Crippen LogP contribution is 1.90. The number of guanidine groups is 2. The molecule has 0 aromatic carbocycles. The summed E-state index contributed by atoms with van der Waals surface area (Å²) < 4.78 is 0. The molecular formula is C7H15ClN6O2. The monoisotopic (exact) mass is 250 g/mol. The van der Waals surface area contributed by atoms with E-state index in [1.165, 1.54) is 6.08 Å². The van der Waals surface area contributed by atoms with Gasteiger partial charge < -0.3 is 11.5 Å². The van der Waals surface area contributed by atoms with Crippen molar-refractivity contribution < 1.29 is 9.68 Å². The third kappa shape index (κ3) is 6.87. The van der Waals surface area contributed by atoms with E-state index in [1.807, 2.05) is 0 Å². The minimum absolute atomic E-state index is 0.121. The van der Waals surface area contributed by atoms with E-state index in [0.717, 1.165) is 5.17 Å². The molecule has 0 spiro atoms. The third-order valence-corrected chi connectivity index (χ3v) is 1.23. The van der Waals surface area contributed by atoms with Gasteiger partial charge in [-0.1, -0.05) is 11.2 Å². The van der Waals surface area contributed by atoms with E-state index in [1.54, 1.807) is 0 Å². The molecule has 0 heterocycles. The molecule has 0 unspecified atom stereocenters. The summed E-state index contributed by atoms with van der Waals surface area (Å²) in [6.45, 7) is 3.83. The molecule has 0 fully saturated rings. The molecule has 6 N–H and O–H groups in total. The predicted octanol–water partition coefficient (Wildman–Crippen LogP) is -0.711. The van der Waals surface area contributed by atoms with Crippen LogP contribution in [0.25, 0.3) is 0 Å². The highest BCUT2D eigenvalue weighted by Gasteiger charge is 2.05. The molecule has 92 valence electrons. The van der Waals surface area contributed by atoms with E-state index in [2.05, 4.69) is 17.2 Å². The molecule has 0 aliphatic heterocycles. The van der Waals surface area contributed by atoms with Crippen LogP contribution in [0, 0.1) is 5.41 Å². The molecule has 0 amide bonds. The Labute approximate surface area is 98.2 Å². The molecule has 0 aromatic heterocycles. The molecule has 8 nitrogen and oxygen atoms in total. The van der Waals surface area contributed by atoms with Gasteiger partial charge in [0.15, 0.2) is 0 Å². The van der Waals surface area contributed by atoms with Crippen LogP contribution in [0.15, 0.2) is 17.8 Å². The first kappa shape index (κ1) is 14.5. The van der Waals surface area contributed by atoms with Crippen LogP contribution >= 0.6 is 11.6 Å². The van der Waals surface area contributed by atoms with E-state index in [0.29, 0.717) is 5.88 Å². The van der Waals surface area contributed by atoms with E-state index in [4.69, 9.17) is 38.2 Å². The van der Waals surface area contributed by atoms with Crippen LogP contribution < -0.4 is 16.9 Å². The number of hydrogen-bond donors (Lipinski definition) is 4. The van der Waals surface area contributed by atoms with Crippen LogP contribution in [0.5, 0.6) is 0 Å². The number of hydrogen-bond acceptors (Lipinski definition) is 4. The number of alkyl halides is 1. The van der Waals surface area contributed by atoms with Crippen molar-refractivity contribution >= 4 is 23.5 Å². The maximum Gasteiger partial charge on any atom is 0.238 e. The smallest absolute Gasteiger partial charge is 0.238 e. The molecule has 16 heavy (non-hydrogen) atoms. The first-order valence-electron chi connectivity index (χ1n) is 4.27. The standard InChI is InChI=1S/C7H15ClN6O2/c1-2-4-16-14(6(9)10)12-7(11)13-15-5-3-8/h2H,1,3-5H2,(H3,9,10)(H3,11,12,13). The molecule has 0 rings (SSSR count). The quantitative estimate of drug-likeness (QED) is 0.118. The summed E-state index contributed by atoms with van der Waals surface area (Å²) in [4.78, 5) is 9.68. The number of halogens is 1. The Morgan fingerprint density at radius 1 is 1.62 bits per heavy atom. The van der Waals surface area contributed by atoms with E-state index in [9.17, 15) is 0 Å². The predicted molar refractivity (Wildman–Crippen MR) is 61.3 cm³/mol. The van der Waals surface area contributed by atoms with Crippen molar-refractivity contribution in [2.45, 2.75) is 0 Å². The normalized spacial score (nSPS) is 10.9. The van der Waals surface area contributed by atoms with Crippen LogP contribution in [0.3, 0.4) is 0 Å². The average molecular weight is 251 g/mol. The maximum atomic E-state index is 7.13. The lowest BCUT2D eigenvalue weighted by Crippen LogP contribution is -2.39. The van der Waals surface area contributed by atoms with Gasteiger partial charge in [0.05, 0.1) is 13.2 Å². The highest BCUT2D eigenvalue weighted by atomic mass is 35.5. The minimum Gasteiger partial charge on any atom is -0.367 e. The molecule has 0 atom stereocenters. The highest BCUT2D eigenvalue weighted by molar-refractivity contribution is 6.17.